The van der Waals surface area contributed by atoms with Crippen molar-refractivity contribution in [3.63, 3.8) is 0 Å². The molecule has 0 bridgehead atoms. The number of nitrogens with one attached hydrogen (secondary N) is 1. The Morgan fingerprint density at radius 1 is 1.32 bits per heavy atom. The third-order valence-corrected chi connectivity index (χ3v) is 3.02. The Bertz CT molecular complexity index is 545. The van der Waals surface area contributed by atoms with E-state index in [2.05, 4.69) is 10.1 Å². The van der Waals surface area contributed by atoms with E-state index in [4.69, 9.17) is 5.11 Å². The largest absolute Gasteiger partial charge is 0.573 e. The number of hydrogen-bond donors (Lipinski definition) is 2. The van der Waals surface area contributed by atoms with E-state index in [0.29, 0.717) is 5.56 Å². The number of carbonyl (C=O) groups is 2. The molecular formula is C14H16F3NO4. The van der Waals surface area contributed by atoms with Crippen LogP contribution >= 0.6 is 0 Å². The zero-order valence-corrected chi connectivity index (χ0v) is 12.0. The number of amides is 1. The lowest BCUT2D eigenvalue weighted by Crippen LogP contribution is -2.40. The van der Waals surface area contributed by atoms with E-state index in [1.165, 1.54) is 19.1 Å². The van der Waals surface area contributed by atoms with E-state index in [0.717, 1.165) is 12.1 Å². The minimum atomic E-state index is -4.80. The van der Waals surface area contributed by atoms with Crippen LogP contribution in [0.3, 0.4) is 0 Å². The predicted molar refractivity (Wildman–Crippen MR) is 71.2 cm³/mol. The van der Waals surface area contributed by atoms with Gasteiger partial charge in [-0.15, -0.1) is 13.2 Å². The molecule has 1 amide bonds. The number of aliphatic carboxylic acids is 1. The smallest absolute Gasteiger partial charge is 0.481 e. The number of halogens is 3. The molecule has 1 aromatic carbocycles. The zero-order valence-electron chi connectivity index (χ0n) is 12.0. The molecule has 0 saturated carbocycles. The van der Waals surface area contributed by atoms with E-state index < -0.39 is 35.9 Å². The molecule has 0 aliphatic heterocycles. The SMILES string of the molecule is CC(NC(=O)Cc1cccc(OC(F)(F)F)c1)C(C)C(=O)O. The maximum Gasteiger partial charge on any atom is 0.573 e. The maximum absolute atomic E-state index is 12.1. The highest BCUT2D eigenvalue weighted by molar-refractivity contribution is 5.80. The van der Waals surface area contributed by atoms with Crippen LogP contribution in [0.25, 0.3) is 0 Å². The highest BCUT2D eigenvalue weighted by atomic mass is 19.4. The molecule has 2 atom stereocenters. The molecule has 0 aliphatic carbocycles. The Balaban J connectivity index is 2.65. The molecule has 0 aromatic heterocycles. The maximum atomic E-state index is 12.1. The van der Waals surface area contributed by atoms with Crippen molar-refractivity contribution in [2.24, 2.45) is 5.92 Å². The standard InChI is InChI=1S/C14H16F3NO4/c1-8(13(20)21)9(2)18-12(19)7-10-4-3-5-11(6-10)22-14(15,16)17/h3-6,8-9H,7H2,1-2H3,(H,18,19)(H,20,21). The van der Waals surface area contributed by atoms with Gasteiger partial charge in [0.15, 0.2) is 0 Å². The van der Waals surface area contributed by atoms with Crippen molar-refractivity contribution in [3.8, 4) is 5.75 Å². The van der Waals surface area contributed by atoms with Crippen molar-refractivity contribution in [1.29, 1.82) is 0 Å². The quantitative estimate of drug-likeness (QED) is 0.844. The van der Waals surface area contributed by atoms with Crippen molar-refractivity contribution in [3.05, 3.63) is 29.8 Å². The Kier molecular flexibility index (Phi) is 5.78. The van der Waals surface area contributed by atoms with Gasteiger partial charge in [-0.05, 0) is 31.5 Å². The summed E-state index contributed by atoms with van der Waals surface area (Å²) in [4.78, 5) is 22.6. The van der Waals surface area contributed by atoms with Gasteiger partial charge in [-0.1, -0.05) is 12.1 Å². The third-order valence-electron chi connectivity index (χ3n) is 3.02. The Hall–Kier alpha value is -2.25. The monoisotopic (exact) mass is 319 g/mol. The molecule has 122 valence electrons. The minimum absolute atomic E-state index is 0.175. The molecule has 2 unspecified atom stereocenters. The lowest BCUT2D eigenvalue weighted by Gasteiger charge is -2.17. The lowest BCUT2D eigenvalue weighted by molar-refractivity contribution is -0.274. The van der Waals surface area contributed by atoms with Crippen molar-refractivity contribution < 1.29 is 32.6 Å². The van der Waals surface area contributed by atoms with E-state index in [9.17, 15) is 22.8 Å². The van der Waals surface area contributed by atoms with Gasteiger partial charge >= 0.3 is 12.3 Å². The minimum Gasteiger partial charge on any atom is -0.481 e. The van der Waals surface area contributed by atoms with Crippen molar-refractivity contribution in [2.45, 2.75) is 32.7 Å². The molecule has 0 fully saturated rings. The van der Waals surface area contributed by atoms with Gasteiger partial charge in [0.2, 0.25) is 5.91 Å². The first kappa shape index (κ1) is 17.8. The average molecular weight is 319 g/mol. The summed E-state index contributed by atoms with van der Waals surface area (Å²) in [5, 5.41) is 11.3. The molecule has 22 heavy (non-hydrogen) atoms. The number of carboxylic acid groups (broad SMARTS) is 1. The first-order valence-electron chi connectivity index (χ1n) is 6.45. The first-order valence-corrected chi connectivity index (χ1v) is 6.45. The fraction of sp³-hybridized carbons (Fsp3) is 0.429. The van der Waals surface area contributed by atoms with Crippen LogP contribution in [0, 0.1) is 5.92 Å². The highest BCUT2D eigenvalue weighted by Gasteiger charge is 2.31. The molecule has 8 heteroatoms. The molecule has 0 aliphatic rings. The molecule has 1 rings (SSSR count). The second-order valence-corrected chi connectivity index (χ2v) is 4.86. The van der Waals surface area contributed by atoms with Gasteiger partial charge in [0.05, 0.1) is 12.3 Å². The summed E-state index contributed by atoms with van der Waals surface area (Å²) in [7, 11) is 0. The van der Waals surface area contributed by atoms with Crippen LogP contribution in [-0.4, -0.2) is 29.4 Å². The molecule has 5 nitrogen and oxygen atoms in total. The van der Waals surface area contributed by atoms with Gasteiger partial charge in [0, 0.05) is 6.04 Å². The van der Waals surface area contributed by atoms with E-state index >= 15 is 0 Å². The summed E-state index contributed by atoms with van der Waals surface area (Å²) in [6, 6.07) is 4.46. The average Bonchev–Trinajstić information content (AvgIpc) is 2.35. The van der Waals surface area contributed by atoms with Gasteiger partial charge < -0.3 is 15.2 Å². The summed E-state index contributed by atoms with van der Waals surface area (Å²) in [6.45, 7) is 2.99. The van der Waals surface area contributed by atoms with E-state index in [1.54, 1.807) is 6.92 Å². The van der Waals surface area contributed by atoms with Gasteiger partial charge in [0.1, 0.15) is 5.75 Å². The summed E-state index contributed by atoms with van der Waals surface area (Å²) < 4.78 is 40.1. The fourth-order valence-corrected chi connectivity index (χ4v) is 1.68. The second kappa shape index (κ2) is 7.15. The Morgan fingerprint density at radius 3 is 2.50 bits per heavy atom. The predicted octanol–water partition coefficient (Wildman–Crippen LogP) is 2.35. The number of benzene rings is 1. The number of rotatable bonds is 6. The fourth-order valence-electron chi connectivity index (χ4n) is 1.68. The number of hydrogen-bond acceptors (Lipinski definition) is 3. The number of alkyl halides is 3. The van der Waals surface area contributed by atoms with Gasteiger partial charge in [-0.25, -0.2) is 0 Å². The number of carboxylic acids is 1. The van der Waals surface area contributed by atoms with Crippen molar-refractivity contribution >= 4 is 11.9 Å². The van der Waals surface area contributed by atoms with Crippen LogP contribution in [-0.2, 0) is 16.0 Å². The first-order chi connectivity index (χ1) is 10.1. The molecule has 1 aromatic rings. The van der Waals surface area contributed by atoms with Gasteiger partial charge in [0.25, 0.3) is 0 Å². The van der Waals surface area contributed by atoms with Crippen LogP contribution in [0.4, 0.5) is 13.2 Å². The molecule has 0 radical (unpaired) electrons. The topological polar surface area (TPSA) is 75.6 Å². The van der Waals surface area contributed by atoms with Crippen molar-refractivity contribution in [2.75, 3.05) is 0 Å². The molecular weight excluding hydrogens is 303 g/mol. The zero-order chi connectivity index (χ0) is 16.9. The van der Waals surface area contributed by atoms with Gasteiger partial charge in [-0.3, -0.25) is 9.59 Å². The normalized spacial score (nSPS) is 14.0. The molecule has 0 saturated heterocycles. The van der Waals surface area contributed by atoms with Crippen LogP contribution < -0.4 is 10.1 Å². The highest BCUT2D eigenvalue weighted by Crippen LogP contribution is 2.23. The molecule has 0 heterocycles. The van der Waals surface area contributed by atoms with Crippen LogP contribution in [0.1, 0.15) is 19.4 Å². The van der Waals surface area contributed by atoms with Gasteiger partial charge in [-0.2, -0.15) is 0 Å². The summed E-state index contributed by atoms with van der Waals surface area (Å²) >= 11 is 0. The molecule has 2 N–H and O–H groups in total. The summed E-state index contributed by atoms with van der Waals surface area (Å²) in [6.07, 6.45) is -4.97. The number of ether oxygens (including phenoxy) is 1. The number of carbonyl (C=O) groups excluding carboxylic acids is 1. The lowest BCUT2D eigenvalue weighted by atomic mass is 10.0. The van der Waals surface area contributed by atoms with Crippen LogP contribution in [0.5, 0.6) is 5.75 Å². The third kappa shape index (κ3) is 6.02. The summed E-state index contributed by atoms with van der Waals surface area (Å²) in [5.74, 6) is -2.72. The van der Waals surface area contributed by atoms with Crippen molar-refractivity contribution in [1.82, 2.24) is 5.32 Å². The summed E-state index contributed by atoms with van der Waals surface area (Å²) in [5.41, 5.74) is 0.328. The van der Waals surface area contributed by atoms with E-state index in [1.807, 2.05) is 0 Å². The Morgan fingerprint density at radius 2 is 1.95 bits per heavy atom. The molecule has 0 spiro atoms. The van der Waals surface area contributed by atoms with Crippen LogP contribution in [0.2, 0.25) is 0 Å². The van der Waals surface area contributed by atoms with E-state index in [-0.39, 0.29) is 6.42 Å². The Labute approximate surface area is 125 Å². The second-order valence-electron chi connectivity index (χ2n) is 4.86. The van der Waals surface area contributed by atoms with Crippen LogP contribution in [0.15, 0.2) is 24.3 Å².